The number of morpholine rings is 1. The Balaban J connectivity index is 1.46. The molecule has 0 radical (unpaired) electrons. The van der Waals surface area contributed by atoms with Crippen molar-refractivity contribution in [2.24, 2.45) is 0 Å². The van der Waals surface area contributed by atoms with Crippen molar-refractivity contribution in [3.8, 4) is 0 Å². The van der Waals surface area contributed by atoms with Crippen molar-refractivity contribution in [3.05, 3.63) is 60.5 Å². The molecule has 1 fully saturated rings. The molecule has 1 aliphatic heterocycles. The van der Waals surface area contributed by atoms with Crippen LogP contribution in [0.1, 0.15) is 13.8 Å². The number of halogens is 1. The van der Waals surface area contributed by atoms with Crippen LogP contribution in [0.15, 0.2) is 59.6 Å². The number of para-hydroxylation sites is 2. The second kappa shape index (κ2) is 9.75. The minimum atomic E-state index is -0.465. The molecule has 2 amide bonds. The van der Waals surface area contributed by atoms with E-state index in [2.05, 4.69) is 5.32 Å². The Morgan fingerprint density at radius 2 is 1.78 bits per heavy atom. The molecular formula is C24H26FN3O3S. The lowest BCUT2D eigenvalue weighted by Crippen LogP contribution is -2.49. The number of hydrogen-bond donors (Lipinski definition) is 1. The Kier molecular flexibility index (Phi) is 6.81. The zero-order valence-corrected chi connectivity index (χ0v) is 18.9. The molecule has 6 nitrogen and oxygen atoms in total. The van der Waals surface area contributed by atoms with Crippen LogP contribution in [0.2, 0.25) is 0 Å². The van der Waals surface area contributed by atoms with E-state index >= 15 is 0 Å². The Bertz CT molecular complexity index is 1120. The summed E-state index contributed by atoms with van der Waals surface area (Å²) in [7, 11) is 0. The van der Waals surface area contributed by atoms with Crippen molar-refractivity contribution in [3.63, 3.8) is 0 Å². The number of ether oxygens (including phenoxy) is 1. The summed E-state index contributed by atoms with van der Waals surface area (Å²) in [6.45, 7) is 5.34. The van der Waals surface area contributed by atoms with Crippen molar-refractivity contribution in [2.45, 2.75) is 37.5 Å². The molecule has 1 aliphatic rings. The van der Waals surface area contributed by atoms with E-state index in [-0.39, 0.29) is 42.0 Å². The van der Waals surface area contributed by atoms with E-state index in [0.29, 0.717) is 13.1 Å². The third-order valence-electron chi connectivity index (χ3n) is 5.34. The molecule has 0 spiro atoms. The fourth-order valence-corrected chi connectivity index (χ4v) is 4.87. The first-order valence-corrected chi connectivity index (χ1v) is 11.6. The highest BCUT2D eigenvalue weighted by Gasteiger charge is 2.26. The number of amides is 2. The number of aromatic nitrogens is 1. The summed E-state index contributed by atoms with van der Waals surface area (Å²) in [5, 5.41) is 3.58. The Morgan fingerprint density at radius 3 is 2.53 bits per heavy atom. The van der Waals surface area contributed by atoms with Crippen LogP contribution in [0.5, 0.6) is 0 Å². The molecule has 32 heavy (non-hydrogen) atoms. The van der Waals surface area contributed by atoms with Gasteiger partial charge in [-0.1, -0.05) is 30.3 Å². The van der Waals surface area contributed by atoms with Gasteiger partial charge in [0.25, 0.3) is 0 Å². The molecule has 0 unspecified atom stereocenters. The largest absolute Gasteiger partial charge is 0.372 e. The van der Waals surface area contributed by atoms with E-state index in [9.17, 15) is 14.0 Å². The average Bonchev–Trinajstić information content (AvgIpc) is 3.11. The van der Waals surface area contributed by atoms with E-state index in [4.69, 9.17) is 4.74 Å². The van der Waals surface area contributed by atoms with Gasteiger partial charge in [-0.15, -0.1) is 11.8 Å². The molecule has 3 aromatic rings. The molecule has 0 saturated carbocycles. The average molecular weight is 456 g/mol. The van der Waals surface area contributed by atoms with E-state index in [1.54, 1.807) is 12.1 Å². The Morgan fingerprint density at radius 1 is 1.09 bits per heavy atom. The van der Waals surface area contributed by atoms with Gasteiger partial charge in [-0.25, -0.2) is 4.39 Å². The third kappa shape index (κ3) is 5.14. The van der Waals surface area contributed by atoms with Gasteiger partial charge in [0.05, 0.1) is 23.6 Å². The van der Waals surface area contributed by atoms with Crippen molar-refractivity contribution >= 4 is 40.2 Å². The first-order valence-electron chi connectivity index (χ1n) is 10.6. The second-order valence-electron chi connectivity index (χ2n) is 8.01. The predicted molar refractivity (Wildman–Crippen MR) is 124 cm³/mol. The maximum Gasteiger partial charge on any atom is 0.242 e. The van der Waals surface area contributed by atoms with Crippen LogP contribution in [-0.2, 0) is 20.9 Å². The quantitative estimate of drug-likeness (QED) is 0.568. The number of hydrogen-bond acceptors (Lipinski definition) is 4. The molecule has 2 heterocycles. The third-order valence-corrected chi connectivity index (χ3v) is 6.38. The van der Waals surface area contributed by atoms with Crippen LogP contribution in [0, 0.1) is 5.82 Å². The molecule has 168 valence electrons. The normalized spacial score (nSPS) is 18.7. The first kappa shape index (κ1) is 22.4. The van der Waals surface area contributed by atoms with Gasteiger partial charge < -0.3 is 19.5 Å². The minimum Gasteiger partial charge on any atom is -0.372 e. The van der Waals surface area contributed by atoms with Crippen LogP contribution < -0.4 is 5.32 Å². The summed E-state index contributed by atoms with van der Waals surface area (Å²) in [5.41, 5.74) is 1.10. The molecule has 8 heteroatoms. The molecule has 1 aromatic heterocycles. The topological polar surface area (TPSA) is 63.6 Å². The number of nitrogens with one attached hydrogen (secondary N) is 1. The van der Waals surface area contributed by atoms with Gasteiger partial charge in [0.2, 0.25) is 11.8 Å². The minimum absolute atomic E-state index is 0.0168. The smallest absolute Gasteiger partial charge is 0.242 e. The fourth-order valence-electron chi connectivity index (χ4n) is 3.98. The van der Waals surface area contributed by atoms with Gasteiger partial charge in [-0.2, -0.15) is 0 Å². The lowest BCUT2D eigenvalue weighted by molar-refractivity contribution is -0.143. The molecule has 2 aromatic carbocycles. The van der Waals surface area contributed by atoms with Crippen LogP contribution >= 0.6 is 11.8 Å². The number of anilines is 1. The summed E-state index contributed by atoms with van der Waals surface area (Å²) >= 11 is 1.37. The number of nitrogens with zero attached hydrogens (tertiary/aromatic N) is 2. The predicted octanol–water partition coefficient (Wildman–Crippen LogP) is 4.15. The highest BCUT2D eigenvalue weighted by molar-refractivity contribution is 8.00. The molecule has 0 bridgehead atoms. The van der Waals surface area contributed by atoms with E-state index in [0.717, 1.165) is 15.8 Å². The molecule has 0 aliphatic carbocycles. The van der Waals surface area contributed by atoms with Gasteiger partial charge in [-0.05, 0) is 32.0 Å². The van der Waals surface area contributed by atoms with Crippen LogP contribution in [0.25, 0.3) is 10.9 Å². The van der Waals surface area contributed by atoms with Gasteiger partial charge in [0, 0.05) is 35.1 Å². The van der Waals surface area contributed by atoms with Gasteiger partial charge in [0.15, 0.2) is 0 Å². The van der Waals surface area contributed by atoms with Crippen molar-refractivity contribution < 1.29 is 18.7 Å². The van der Waals surface area contributed by atoms with Crippen LogP contribution in [-0.4, -0.2) is 52.3 Å². The molecule has 2 atom stereocenters. The number of rotatable bonds is 6. The monoisotopic (exact) mass is 455 g/mol. The second-order valence-corrected chi connectivity index (χ2v) is 9.03. The fraction of sp³-hybridized carbons (Fsp3) is 0.333. The molecule has 1 N–H and O–H groups in total. The SMILES string of the molecule is C[C@H]1CN(C(=O)Cn2cc(SCC(=O)Nc3ccccc3F)c3ccccc32)C[C@H](C)O1. The summed E-state index contributed by atoms with van der Waals surface area (Å²) in [6, 6.07) is 13.9. The summed E-state index contributed by atoms with van der Waals surface area (Å²) in [5.74, 6) is -0.576. The Labute approximate surface area is 190 Å². The summed E-state index contributed by atoms with van der Waals surface area (Å²) in [6.07, 6.45) is 1.95. The Hall–Kier alpha value is -2.84. The zero-order valence-electron chi connectivity index (χ0n) is 18.1. The standard InChI is InChI=1S/C24H26FN3O3S/c1-16-11-28(12-17(2)31-16)24(30)14-27-13-22(18-7-3-6-10-21(18)27)32-15-23(29)26-20-9-5-4-8-19(20)25/h3-10,13,16-17H,11-12,14-15H2,1-2H3,(H,26,29)/t16-,17-/m0/s1. The van der Waals surface area contributed by atoms with E-state index in [1.165, 1.54) is 23.9 Å². The van der Waals surface area contributed by atoms with Crippen molar-refractivity contribution in [2.75, 3.05) is 24.2 Å². The van der Waals surface area contributed by atoms with Crippen molar-refractivity contribution in [1.29, 1.82) is 0 Å². The van der Waals surface area contributed by atoms with Gasteiger partial charge in [-0.3, -0.25) is 9.59 Å². The number of benzene rings is 2. The van der Waals surface area contributed by atoms with Gasteiger partial charge in [0.1, 0.15) is 12.4 Å². The highest BCUT2D eigenvalue weighted by Crippen LogP contribution is 2.30. The summed E-state index contributed by atoms with van der Waals surface area (Å²) in [4.78, 5) is 28.1. The zero-order chi connectivity index (χ0) is 22.7. The lowest BCUT2D eigenvalue weighted by atomic mass is 10.2. The molecule has 1 saturated heterocycles. The summed E-state index contributed by atoms with van der Waals surface area (Å²) < 4.78 is 21.4. The lowest BCUT2D eigenvalue weighted by Gasteiger charge is -2.35. The first-order chi connectivity index (χ1) is 15.4. The van der Waals surface area contributed by atoms with Gasteiger partial charge >= 0.3 is 0 Å². The van der Waals surface area contributed by atoms with E-state index < -0.39 is 5.82 Å². The van der Waals surface area contributed by atoms with E-state index in [1.807, 2.05) is 53.8 Å². The molecule has 4 rings (SSSR count). The highest BCUT2D eigenvalue weighted by atomic mass is 32.2. The number of thioether (sulfide) groups is 1. The van der Waals surface area contributed by atoms with Crippen LogP contribution in [0.4, 0.5) is 10.1 Å². The number of carbonyl (C=O) groups is 2. The van der Waals surface area contributed by atoms with Crippen LogP contribution in [0.3, 0.4) is 0 Å². The maximum atomic E-state index is 13.8. The molecular weight excluding hydrogens is 429 g/mol. The number of fused-ring (bicyclic) bond motifs is 1. The maximum absolute atomic E-state index is 13.8. The number of carbonyl (C=O) groups excluding carboxylic acids is 2. The van der Waals surface area contributed by atoms with Crippen molar-refractivity contribution in [1.82, 2.24) is 9.47 Å².